The van der Waals surface area contributed by atoms with Crippen LogP contribution in [0.2, 0.25) is 0 Å². The first-order chi connectivity index (χ1) is 10.1. The number of aryl methyl sites for hydroxylation is 1. The van der Waals surface area contributed by atoms with Crippen LogP contribution in [0.3, 0.4) is 0 Å². The zero-order chi connectivity index (χ0) is 15.2. The highest BCUT2D eigenvalue weighted by molar-refractivity contribution is 5.91. The highest BCUT2D eigenvalue weighted by atomic mass is 16.5. The summed E-state index contributed by atoms with van der Waals surface area (Å²) in [6.07, 6.45) is 0. The van der Waals surface area contributed by atoms with Crippen molar-refractivity contribution in [3.63, 3.8) is 0 Å². The van der Waals surface area contributed by atoms with Crippen LogP contribution in [-0.4, -0.2) is 19.6 Å². The summed E-state index contributed by atoms with van der Waals surface area (Å²) < 4.78 is 10.6. The number of ether oxygens (including phenoxy) is 2. The number of rotatable bonds is 5. The Hall–Kier alpha value is -2.69. The summed E-state index contributed by atoms with van der Waals surface area (Å²) in [6.45, 7) is 1.87. The number of carbonyl (C=O) groups is 1. The van der Waals surface area contributed by atoms with Gasteiger partial charge in [-0.25, -0.2) is 0 Å². The molecule has 3 N–H and O–H groups in total. The number of nitrogens with two attached hydrogens (primary N) is 1. The van der Waals surface area contributed by atoms with Gasteiger partial charge in [-0.1, -0.05) is 17.7 Å². The van der Waals surface area contributed by atoms with Crippen molar-refractivity contribution >= 4 is 17.3 Å². The van der Waals surface area contributed by atoms with Crippen LogP contribution in [0.1, 0.15) is 5.56 Å². The largest absolute Gasteiger partial charge is 0.493 e. The standard InChI is InChI=1S/C16H18N2O3/c1-11-3-6-13(7-4-11)18-16(19)10-21-15-9-12(17)5-8-14(15)20-2/h3-9H,10,17H2,1-2H3,(H,18,19). The molecule has 21 heavy (non-hydrogen) atoms. The third-order valence-corrected chi connectivity index (χ3v) is 2.88. The van der Waals surface area contributed by atoms with Gasteiger partial charge in [0.2, 0.25) is 0 Å². The lowest BCUT2D eigenvalue weighted by molar-refractivity contribution is -0.118. The number of hydrogen-bond donors (Lipinski definition) is 2. The van der Waals surface area contributed by atoms with Gasteiger partial charge in [0.1, 0.15) is 0 Å². The third kappa shape index (κ3) is 4.14. The van der Waals surface area contributed by atoms with Crippen molar-refractivity contribution < 1.29 is 14.3 Å². The zero-order valence-corrected chi connectivity index (χ0v) is 12.1. The van der Waals surface area contributed by atoms with Gasteiger partial charge in [0.15, 0.2) is 18.1 Å². The Labute approximate surface area is 123 Å². The maximum atomic E-state index is 11.8. The van der Waals surface area contributed by atoms with Crippen molar-refractivity contribution in [2.75, 3.05) is 24.8 Å². The van der Waals surface area contributed by atoms with Crippen LogP contribution in [0.15, 0.2) is 42.5 Å². The smallest absolute Gasteiger partial charge is 0.262 e. The third-order valence-electron chi connectivity index (χ3n) is 2.88. The average molecular weight is 286 g/mol. The van der Waals surface area contributed by atoms with E-state index in [0.717, 1.165) is 11.3 Å². The molecule has 0 fully saturated rings. The van der Waals surface area contributed by atoms with Crippen LogP contribution in [0.4, 0.5) is 11.4 Å². The highest BCUT2D eigenvalue weighted by Crippen LogP contribution is 2.28. The second-order valence-corrected chi connectivity index (χ2v) is 4.61. The van der Waals surface area contributed by atoms with Gasteiger partial charge in [0.25, 0.3) is 5.91 Å². The average Bonchev–Trinajstić information content (AvgIpc) is 2.48. The minimum atomic E-state index is -0.247. The van der Waals surface area contributed by atoms with Crippen LogP contribution in [0.5, 0.6) is 11.5 Å². The van der Waals surface area contributed by atoms with Gasteiger partial charge >= 0.3 is 0 Å². The Kier molecular flexibility index (Phi) is 4.66. The number of anilines is 2. The molecule has 0 heterocycles. The predicted octanol–water partition coefficient (Wildman–Crippen LogP) is 2.60. The van der Waals surface area contributed by atoms with Gasteiger partial charge in [-0.2, -0.15) is 0 Å². The summed E-state index contributed by atoms with van der Waals surface area (Å²) in [7, 11) is 1.53. The van der Waals surface area contributed by atoms with Crippen molar-refractivity contribution in [3.8, 4) is 11.5 Å². The van der Waals surface area contributed by atoms with Gasteiger partial charge in [-0.15, -0.1) is 0 Å². The minimum absolute atomic E-state index is 0.117. The first-order valence-electron chi connectivity index (χ1n) is 6.51. The second kappa shape index (κ2) is 6.65. The molecule has 0 aliphatic rings. The molecule has 0 aliphatic carbocycles. The lowest BCUT2D eigenvalue weighted by Gasteiger charge is -2.11. The van der Waals surface area contributed by atoms with E-state index in [1.165, 1.54) is 7.11 Å². The molecule has 0 aliphatic heterocycles. The molecule has 0 unspecified atom stereocenters. The Morgan fingerprint density at radius 1 is 1.14 bits per heavy atom. The van der Waals surface area contributed by atoms with Crippen molar-refractivity contribution in [2.24, 2.45) is 0 Å². The Balaban J connectivity index is 1.95. The molecular formula is C16H18N2O3. The maximum Gasteiger partial charge on any atom is 0.262 e. The highest BCUT2D eigenvalue weighted by Gasteiger charge is 2.08. The molecule has 110 valence electrons. The summed E-state index contributed by atoms with van der Waals surface area (Å²) in [5.74, 6) is 0.729. The molecule has 2 rings (SSSR count). The van der Waals surface area contributed by atoms with Crippen LogP contribution in [-0.2, 0) is 4.79 Å². The molecule has 5 nitrogen and oxygen atoms in total. The summed E-state index contributed by atoms with van der Waals surface area (Å²) >= 11 is 0. The van der Waals surface area contributed by atoms with Crippen molar-refractivity contribution in [1.82, 2.24) is 0 Å². The molecule has 2 aromatic rings. The van der Waals surface area contributed by atoms with Gasteiger partial charge in [0, 0.05) is 17.4 Å². The number of benzene rings is 2. The Morgan fingerprint density at radius 2 is 1.86 bits per heavy atom. The van der Waals surface area contributed by atoms with E-state index in [1.807, 2.05) is 31.2 Å². The lowest BCUT2D eigenvalue weighted by Crippen LogP contribution is -2.20. The van der Waals surface area contributed by atoms with E-state index in [9.17, 15) is 4.79 Å². The molecule has 0 bridgehead atoms. The number of amides is 1. The SMILES string of the molecule is COc1ccc(N)cc1OCC(=O)Nc1ccc(C)cc1. The fourth-order valence-corrected chi connectivity index (χ4v) is 1.78. The van der Waals surface area contributed by atoms with E-state index in [1.54, 1.807) is 18.2 Å². The molecule has 0 saturated carbocycles. The van der Waals surface area contributed by atoms with Gasteiger partial charge < -0.3 is 20.5 Å². The second-order valence-electron chi connectivity index (χ2n) is 4.61. The number of nitrogens with one attached hydrogen (secondary N) is 1. The summed E-state index contributed by atoms with van der Waals surface area (Å²) in [6, 6.07) is 12.6. The minimum Gasteiger partial charge on any atom is -0.493 e. The van der Waals surface area contributed by atoms with Crippen LogP contribution >= 0.6 is 0 Å². The topological polar surface area (TPSA) is 73.6 Å². The van der Waals surface area contributed by atoms with Gasteiger partial charge in [-0.05, 0) is 31.2 Å². The van der Waals surface area contributed by atoms with Crippen LogP contribution < -0.4 is 20.5 Å². The molecular weight excluding hydrogens is 268 g/mol. The van der Waals surface area contributed by atoms with E-state index in [-0.39, 0.29) is 12.5 Å². The quantitative estimate of drug-likeness (QED) is 0.829. The summed E-state index contributed by atoms with van der Waals surface area (Å²) in [5, 5.41) is 2.76. The van der Waals surface area contributed by atoms with E-state index in [4.69, 9.17) is 15.2 Å². The monoisotopic (exact) mass is 286 g/mol. The zero-order valence-electron chi connectivity index (χ0n) is 12.1. The van der Waals surface area contributed by atoms with E-state index in [2.05, 4.69) is 5.32 Å². The van der Waals surface area contributed by atoms with E-state index < -0.39 is 0 Å². The van der Waals surface area contributed by atoms with Crippen molar-refractivity contribution in [1.29, 1.82) is 0 Å². The fourth-order valence-electron chi connectivity index (χ4n) is 1.78. The van der Waals surface area contributed by atoms with Crippen LogP contribution in [0.25, 0.3) is 0 Å². The Morgan fingerprint density at radius 3 is 2.52 bits per heavy atom. The first kappa shape index (κ1) is 14.7. The summed E-state index contributed by atoms with van der Waals surface area (Å²) in [5.41, 5.74) is 8.10. The first-order valence-corrected chi connectivity index (χ1v) is 6.51. The van der Waals surface area contributed by atoms with Crippen molar-refractivity contribution in [2.45, 2.75) is 6.92 Å². The molecule has 0 aromatic heterocycles. The number of nitrogen functional groups attached to an aromatic ring is 1. The lowest BCUT2D eigenvalue weighted by atomic mass is 10.2. The van der Waals surface area contributed by atoms with Crippen LogP contribution in [0, 0.1) is 6.92 Å². The molecule has 1 amide bonds. The van der Waals surface area contributed by atoms with Gasteiger partial charge in [-0.3, -0.25) is 4.79 Å². The predicted molar refractivity (Wildman–Crippen MR) is 82.7 cm³/mol. The molecule has 0 spiro atoms. The molecule has 5 heteroatoms. The fraction of sp³-hybridized carbons (Fsp3) is 0.188. The maximum absolute atomic E-state index is 11.8. The normalized spacial score (nSPS) is 10.0. The van der Waals surface area contributed by atoms with E-state index >= 15 is 0 Å². The number of methoxy groups -OCH3 is 1. The number of carbonyl (C=O) groups excluding carboxylic acids is 1. The summed E-state index contributed by atoms with van der Waals surface area (Å²) in [4.78, 5) is 11.8. The Bertz CT molecular complexity index is 624. The molecule has 0 atom stereocenters. The molecule has 0 saturated heterocycles. The molecule has 2 aromatic carbocycles. The molecule has 0 radical (unpaired) electrons. The van der Waals surface area contributed by atoms with Gasteiger partial charge in [0.05, 0.1) is 7.11 Å². The number of hydrogen-bond acceptors (Lipinski definition) is 4. The van der Waals surface area contributed by atoms with Crippen molar-refractivity contribution in [3.05, 3.63) is 48.0 Å². The van der Waals surface area contributed by atoms with E-state index in [0.29, 0.717) is 17.2 Å².